The van der Waals surface area contributed by atoms with Crippen LogP contribution in [0.4, 0.5) is 13.2 Å². The number of nitrogens with zero attached hydrogens (tertiary/aromatic N) is 1. The first kappa shape index (κ1) is 16.9. The number of amides is 1. The van der Waals surface area contributed by atoms with Gasteiger partial charge in [0.15, 0.2) is 0 Å². The number of nitrogens with one attached hydrogen (secondary N) is 2. The lowest BCUT2D eigenvalue weighted by molar-refractivity contribution is -0.143. The minimum Gasteiger partial charge on any atom is -0.356 e. The molecule has 0 radical (unpaired) electrons. The molecule has 2 heterocycles. The molecule has 0 saturated carbocycles. The van der Waals surface area contributed by atoms with Crippen molar-refractivity contribution in [3.8, 4) is 0 Å². The van der Waals surface area contributed by atoms with E-state index in [1.165, 1.54) is 4.90 Å². The summed E-state index contributed by atoms with van der Waals surface area (Å²) < 4.78 is 36.9. The van der Waals surface area contributed by atoms with Crippen LogP contribution < -0.4 is 10.6 Å². The highest BCUT2D eigenvalue weighted by atomic mass is 32.2. The molecular formula is C13H22F3N3OS. The quantitative estimate of drug-likeness (QED) is 0.794. The van der Waals surface area contributed by atoms with Crippen LogP contribution in [0, 0.1) is 5.92 Å². The number of halogens is 3. The Morgan fingerprint density at radius 1 is 1.43 bits per heavy atom. The molecule has 2 aliphatic heterocycles. The van der Waals surface area contributed by atoms with E-state index in [4.69, 9.17) is 0 Å². The third kappa shape index (κ3) is 6.44. The van der Waals surface area contributed by atoms with E-state index in [2.05, 4.69) is 10.6 Å². The standard InChI is InChI=1S/C13H22F3N3OS/c14-13(15,16)9-19-3-1-10(7-19)6-18-12(20)5-11-8-21-4-2-17-11/h10-11,17H,1-9H2,(H,18,20). The maximum Gasteiger partial charge on any atom is 0.401 e. The summed E-state index contributed by atoms with van der Waals surface area (Å²) in [5, 5.41) is 6.16. The van der Waals surface area contributed by atoms with Crippen molar-refractivity contribution in [2.45, 2.75) is 25.1 Å². The predicted octanol–water partition coefficient (Wildman–Crippen LogP) is 1.08. The molecule has 0 aromatic carbocycles. The average molecular weight is 325 g/mol. The number of likely N-dealkylation sites (tertiary alicyclic amines) is 1. The first-order valence-electron chi connectivity index (χ1n) is 7.29. The molecule has 0 spiro atoms. The van der Waals surface area contributed by atoms with Crippen LogP contribution in [0.5, 0.6) is 0 Å². The van der Waals surface area contributed by atoms with Gasteiger partial charge >= 0.3 is 6.18 Å². The lowest BCUT2D eigenvalue weighted by Crippen LogP contribution is -2.42. The molecule has 0 bridgehead atoms. The fourth-order valence-electron chi connectivity index (χ4n) is 2.78. The molecule has 122 valence electrons. The second-order valence-electron chi connectivity index (χ2n) is 5.74. The van der Waals surface area contributed by atoms with Crippen LogP contribution in [0.15, 0.2) is 0 Å². The van der Waals surface area contributed by atoms with Gasteiger partial charge < -0.3 is 10.6 Å². The van der Waals surface area contributed by atoms with Gasteiger partial charge in [-0.15, -0.1) is 0 Å². The summed E-state index contributed by atoms with van der Waals surface area (Å²) in [5.74, 6) is 2.14. The highest BCUT2D eigenvalue weighted by molar-refractivity contribution is 7.99. The Morgan fingerprint density at radius 3 is 2.90 bits per heavy atom. The second-order valence-corrected chi connectivity index (χ2v) is 6.89. The van der Waals surface area contributed by atoms with Crippen molar-refractivity contribution in [2.75, 3.05) is 44.2 Å². The van der Waals surface area contributed by atoms with E-state index in [9.17, 15) is 18.0 Å². The topological polar surface area (TPSA) is 44.4 Å². The van der Waals surface area contributed by atoms with Crippen LogP contribution in [0.25, 0.3) is 0 Å². The molecule has 2 atom stereocenters. The van der Waals surface area contributed by atoms with Gasteiger partial charge in [0.2, 0.25) is 5.91 Å². The first-order chi connectivity index (χ1) is 9.92. The van der Waals surface area contributed by atoms with Crippen molar-refractivity contribution in [1.82, 2.24) is 15.5 Å². The van der Waals surface area contributed by atoms with Gasteiger partial charge in [0.05, 0.1) is 6.54 Å². The zero-order valence-electron chi connectivity index (χ0n) is 11.9. The molecule has 4 nitrogen and oxygen atoms in total. The Kier molecular flexibility index (Phi) is 6.19. The molecule has 2 N–H and O–H groups in total. The molecule has 0 aromatic heterocycles. The van der Waals surface area contributed by atoms with Gasteiger partial charge in [-0.05, 0) is 18.9 Å². The molecule has 2 fully saturated rings. The first-order valence-corrected chi connectivity index (χ1v) is 8.45. The third-order valence-corrected chi connectivity index (χ3v) is 4.92. The maximum absolute atomic E-state index is 12.3. The predicted molar refractivity (Wildman–Crippen MR) is 77.3 cm³/mol. The number of thioether (sulfide) groups is 1. The largest absolute Gasteiger partial charge is 0.401 e. The molecule has 2 unspecified atom stereocenters. The average Bonchev–Trinajstić information content (AvgIpc) is 2.83. The Hall–Kier alpha value is -0.470. The van der Waals surface area contributed by atoms with Gasteiger partial charge in [-0.1, -0.05) is 0 Å². The van der Waals surface area contributed by atoms with Crippen LogP contribution in [0.3, 0.4) is 0 Å². The van der Waals surface area contributed by atoms with Gasteiger partial charge in [0.25, 0.3) is 0 Å². The minimum atomic E-state index is -4.14. The van der Waals surface area contributed by atoms with E-state index in [0.717, 1.165) is 18.1 Å². The summed E-state index contributed by atoms with van der Waals surface area (Å²) in [6.45, 7) is 1.43. The molecule has 21 heavy (non-hydrogen) atoms. The molecule has 0 aromatic rings. The summed E-state index contributed by atoms with van der Waals surface area (Å²) in [7, 11) is 0. The van der Waals surface area contributed by atoms with Crippen molar-refractivity contribution < 1.29 is 18.0 Å². The van der Waals surface area contributed by atoms with Crippen molar-refractivity contribution in [3.63, 3.8) is 0 Å². The Bertz CT molecular complexity index is 348. The van der Waals surface area contributed by atoms with Gasteiger partial charge in [-0.25, -0.2) is 0 Å². The van der Waals surface area contributed by atoms with Crippen molar-refractivity contribution in [1.29, 1.82) is 0 Å². The van der Waals surface area contributed by atoms with Crippen LogP contribution in [-0.4, -0.2) is 67.3 Å². The normalized spacial score (nSPS) is 27.8. The maximum atomic E-state index is 12.3. The van der Waals surface area contributed by atoms with E-state index < -0.39 is 12.7 Å². The summed E-state index contributed by atoms with van der Waals surface area (Å²) in [6, 6.07) is 0.217. The summed E-state index contributed by atoms with van der Waals surface area (Å²) in [4.78, 5) is 13.2. The van der Waals surface area contributed by atoms with E-state index >= 15 is 0 Å². The molecule has 2 rings (SSSR count). The molecule has 2 saturated heterocycles. The number of hydrogen-bond donors (Lipinski definition) is 2. The fourth-order valence-corrected chi connectivity index (χ4v) is 3.73. The number of carbonyl (C=O) groups is 1. The molecule has 2 aliphatic rings. The number of carbonyl (C=O) groups excluding carboxylic acids is 1. The van der Waals surface area contributed by atoms with Crippen LogP contribution in [-0.2, 0) is 4.79 Å². The summed E-state index contributed by atoms with van der Waals surface area (Å²) in [5.41, 5.74) is 0. The highest BCUT2D eigenvalue weighted by Gasteiger charge is 2.34. The van der Waals surface area contributed by atoms with E-state index in [-0.39, 0.29) is 17.9 Å². The van der Waals surface area contributed by atoms with Gasteiger partial charge in [-0.3, -0.25) is 9.69 Å². The van der Waals surface area contributed by atoms with Gasteiger partial charge in [0.1, 0.15) is 0 Å². The van der Waals surface area contributed by atoms with Crippen LogP contribution in [0.2, 0.25) is 0 Å². The fraction of sp³-hybridized carbons (Fsp3) is 0.923. The van der Waals surface area contributed by atoms with Crippen LogP contribution in [0.1, 0.15) is 12.8 Å². The third-order valence-electron chi connectivity index (χ3n) is 3.79. The number of alkyl halides is 3. The van der Waals surface area contributed by atoms with Crippen LogP contribution >= 0.6 is 11.8 Å². The Balaban J connectivity index is 1.61. The van der Waals surface area contributed by atoms with Crippen molar-refractivity contribution >= 4 is 17.7 Å². The SMILES string of the molecule is O=C(CC1CSCCN1)NCC1CCN(CC(F)(F)F)C1. The van der Waals surface area contributed by atoms with Gasteiger partial charge in [0, 0.05) is 43.6 Å². The summed E-state index contributed by atoms with van der Waals surface area (Å²) in [6.07, 6.45) is -2.97. The lowest BCUT2D eigenvalue weighted by atomic mass is 10.1. The molecule has 0 aliphatic carbocycles. The molecule has 1 amide bonds. The zero-order chi connectivity index (χ0) is 15.3. The Labute approximate surface area is 127 Å². The lowest BCUT2D eigenvalue weighted by Gasteiger charge is -2.23. The number of hydrogen-bond acceptors (Lipinski definition) is 4. The minimum absolute atomic E-state index is 0.00993. The molecular weight excluding hydrogens is 303 g/mol. The van der Waals surface area contributed by atoms with E-state index in [0.29, 0.717) is 32.5 Å². The van der Waals surface area contributed by atoms with Gasteiger partial charge in [-0.2, -0.15) is 24.9 Å². The zero-order valence-corrected chi connectivity index (χ0v) is 12.7. The monoisotopic (exact) mass is 325 g/mol. The smallest absolute Gasteiger partial charge is 0.356 e. The van der Waals surface area contributed by atoms with Crippen molar-refractivity contribution in [3.05, 3.63) is 0 Å². The van der Waals surface area contributed by atoms with E-state index in [1.54, 1.807) is 0 Å². The Morgan fingerprint density at radius 2 is 2.24 bits per heavy atom. The van der Waals surface area contributed by atoms with E-state index in [1.807, 2.05) is 11.8 Å². The van der Waals surface area contributed by atoms with Crippen molar-refractivity contribution in [2.24, 2.45) is 5.92 Å². The highest BCUT2D eigenvalue weighted by Crippen LogP contribution is 2.22. The second kappa shape index (κ2) is 7.69. The molecule has 8 heteroatoms. The summed E-state index contributed by atoms with van der Waals surface area (Å²) >= 11 is 1.84. The number of rotatable bonds is 5.